The molecule has 3 aliphatic rings. The van der Waals surface area contributed by atoms with E-state index >= 15 is 0 Å². The molecule has 0 aliphatic heterocycles. The zero-order valence-electron chi connectivity index (χ0n) is 12.5. The molecule has 0 saturated heterocycles. The van der Waals surface area contributed by atoms with Crippen molar-refractivity contribution in [3.05, 3.63) is 0 Å². The second kappa shape index (κ2) is 5.95. The maximum atomic E-state index is 12.4. The zero-order chi connectivity index (χ0) is 15.0. The highest BCUT2D eigenvalue weighted by molar-refractivity contribution is 5.80. The van der Waals surface area contributed by atoms with Crippen LogP contribution in [0.2, 0.25) is 0 Å². The summed E-state index contributed by atoms with van der Waals surface area (Å²) in [5.74, 6) is 0.0483. The van der Waals surface area contributed by atoms with Crippen LogP contribution >= 0.6 is 0 Å². The first-order chi connectivity index (χ1) is 10.1. The second-order valence-corrected chi connectivity index (χ2v) is 7.17. The van der Waals surface area contributed by atoms with Crippen LogP contribution in [0.5, 0.6) is 0 Å². The Kier molecular flexibility index (Phi) is 4.20. The van der Waals surface area contributed by atoms with Gasteiger partial charge in [0.25, 0.3) is 0 Å². The maximum Gasteiger partial charge on any atom is 0.306 e. The third-order valence-corrected chi connectivity index (χ3v) is 6.05. The molecule has 5 nitrogen and oxygen atoms in total. The van der Waals surface area contributed by atoms with Crippen molar-refractivity contribution in [1.29, 1.82) is 0 Å². The van der Waals surface area contributed by atoms with Gasteiger partial charge in [-0.2, -0.15) is 0 Å². The monoisotopic (exact) mass is 294 g/mol. The van der Waals surface area contributed by atoms with Gasteiger partial charge in [-0.1, -0.05) is 12.8 Å². The van der Waals surface area contributed by atoms with E-state index in [1.165, 1.54) is 6.42 Å². The Balaban J connectivity index is 1.54. The van der Waals surface area contributed by atoms with E-state index in [4.69, 9.17) is 5.73 Å². The predicted octanol–water partition coefficient (Wildman–Crippen LogP) is 1.37. The van der Waals surface area contributed by atoms with E-state index in [0.717, 1.165) is 38.5 Å². The van der Waals surface area contributed by atoms with Crippen LogP contribution in [-0.4, -0.2) is 29.6 Å². The molecule has 6 atom stereocenters. The highest BCUT2D eigenvalue weighted by atomic mass is 16.4. The lowest BCUT2D eigenvalue weighted by Crippen LogP contribution is -2.47. The Morgan fingerprint density at radius 2 is 1.81 bits per heavy atom. The third-order valence-electron chi connectivity index (χ3n) is 6.05. The molecule has 0 aromatic rings. The summed E-state index contributed by atoms with van der Waals surface area (Å²) in [6.45, 7) is 0.496. The van der Waals surface area contributed by atoms with Gasteiger partial charge in [0.1, 0.15) is 0 Å². The van der Waals surface area contributed by atoms with Crippen LogP contribution < -0.4 is 11.1 Å². The fraction of sp³-hybridized carbons (Fsp3) is 0.875. The summed E-state index contributed by atoms with van der Waals surface area (Å²) in [6, 6.07) is 0.00498. The smallest absolute Gasteiger partial charge is 0.306 e. The van der Waals surface area contributed by atoms with Crippen LogP contribution in [-0.2, 0) is 9.59 Å². The van der Waals surface area contributed by atoms with Gasteiger partial charge in [-0.15, -0.1) is 0 Å². The molecule has 0 heterocycles. The molecule has 2 bridgehead atoms. The standard InChI is InChI=1S/C16H26N2O3/c17-14-10-6-5-9(7-10)13(14)15(19)18-8-11-3-1-2-4-12(11)16(20)21/h9-14H,1-8,17H2,(H,18,19)(H,20,21). The maximum absolute atomic E-state index is 12.4. The van der Waals surface area contributed by atoms with Crippen molar-refractivity contribution in [2.75, 3.05) is 6.54 Å². The Labute approximate surface area is 125 Å². The number of fused-ring (bicyclic) bond motifs is 2. The molecule has 3 rings (SSSR count). The summed E-state index contributed by atoms with van der Waals surface area (Å²) in [7, 11) is 0. The fourth-order valence-corrected chi connectivity index (χ4v) is 4.85. The molecule has 5 heteroatoms. The van der Waals surface area contributed by atoms with Crippen LogP contribution in [0, 0.1) is 29.6 Å². The molecule has 21 heavy (non-hydrogen) atoms. The minimum absolute atomic E-state index is 0.00498. The normalized spacial score (nSPS) is 42.0. The molecule has 118 valence electrons. The van der Waals surface area contributed by atoms with Crippen molar-refractivity contribution in [2.24, 2.45) is 35.3 Å². The van der Waals surface area contributed by atoms with Gasteiger partial charge in [-0.3, -0.25) is 9.59 Å². The Morgan fingerprint density at radius 1 is 1.10 bits per heavy atom. The van der Waals surface area contributed by atoms with Crippen molar-refractivity contribution in [1.82, 2.24) is 5.32 Å². The van der Waals surface area contributed by atoms with Gasteiger partial charge >= 0.3 is 5.97 Å². The van der Waals surface area contributed by atoms with E-state index < -0.39 is 5.97 Å². The number of amides is 1. The molecule has 4 N–H and O–H groups in total. The number of nitrogens with two attached hydrogens (primary N) is 1. The van der Waals surface area contributed by atoms with E-state index in [1.54, 1.807) is 0 Å². The summed E-state index contributed by atoms with van der Waals surface area (Å²) in [5.41, 5.74) is 6.19. The number of carbonyl (C=O) groups is 2. The largest absolute Gasteiger partial charge is 0.481 e. The molecule has 6 unspecified atom stereocenters. The average molecular weight is 294 g/mol. The first-order valence-electron chi connectivity index (χ1n) is 8.34. The molecule has 1 amide bonds. The van der Waals surface area contributed by atoms with Crippen molar-refractivity contribution in [3.63, 3.8) is 0 Å². The van der Waals surface area contributed by atoms with E-state index in [-0.39, 0.29) is 29.7 Å². The summed E-state index contributed by atoms with van der Waals surface area (Å²) < 4.78 is 0. The van der Waals surface area contributed by atoms with Crippen molar-refractivity contribution in [2.45, 2.75) is 51.0 Å². The van der Waals surface area contributed by atoms with Crippen LogP contribution in [0.25, 0.3) is 0 Å². The summed E-state index contributed by atoms with van der Waals surface area (Å²) in [4.78, 5) is 23.7. The van der Waals surface area contributed by atoms with Gasteiger partial charge in [-0.05, 0) is 49.9 Å². The number of aliphatic carboxylic acids is 1. The summed E-state index contributed by atoms with van der Waals surface area (Å²) >= 11 is 0. The van der Waals surface area contributed by atoms with E-state index in [9.17, 15) is 14.7 Å². The Morgan fingerprint density at radius 3 is 2.48 bits per heavy atom. The van der Waals surface area contributed by atoms with Crippen LogP contribution in [0.3, 0.4) is 0 Å². The molecule has 0 aromatic carbocycles. The lowest BCUT2D eigenvalue weighted by Gasteiger charge is -2.31. The van der Waals surface area contributed by atoms with Gasteiger partial charge in [-0.25, -0.2) is 0 Å². The molecule has 0 spiro atoms. The predicted molar refractivity (Wildman–Crippen MR) is 78.4 cm³/mol. The molecule has 0 radical (unpaired) electrons. The SMILES string of the molecule is NC1C2CCC(C2)C1C(=O)NCC1CCCCC1C(=O)O. The van der Waals surface area contributed by atoms with Gasteiger partial charge in [0.15, 0.2) is 0 Å². The minimum Gasteiger partial charge on any atom is -0.481 e. The van der Waals surface area contributed by atoms with Gasteiger partial charge in [0.2, 0.25) is 5.91 Å². The minimum atomic E-state index is -0.717. The van der Waals surface area contributed by atoms with Crippen molar-refractivity contribution < 1.29 is 14.7 Å². The van der Waals surface area contributed by atoms with Crippen LogP contribution in [0.4, 0.5) is 0 Å². The Hall–Kier alpha value is -1.10. The highest BCUT2D eigenvalue weighted by Crippen LogP contribution is 2.47. The molecular formula is C16H26N2O3. The summed E-state index contributed by atoms with van der Waals surface area (Å²) in [6.07, 6.45) is 7.08. The zero-order valence-corrected chi connectivity index (χ0v) is 12.5. The number of carbonyl (C=O) groups excluding carboxylic acids is 1. The Bertz CT molecular complexity index is 424. The van der Waals surface area contributed by atoms with Gasteiger partial charge in [0, 0.05) is 12.6 Å². The third kappa shape index (κ3) is 2.80. The highest BCUT2D eigenvalue weighted by Gasteiger charge is 2.49. The number of carboxylic acid groups (broad SMARTS) is 1. The topological polar surface area (TPSA) is 92.4 Å². The van der Waals surface area contributed by atoms with E-state index in [1.807, 2.05) is 0 Å². The van der Waals surface area contributed by atoms with Crippen molar-refractivity contribution in [3.8, 4) is 0 Å². The lowest BCUT2D eigenvalue weighted by molar-refractivity contribution is -0.145. The number of rotatable bonds is 4. The van der Waals surface area contributed by atoms with Crippen molar-refractivity contribution >= 4 is 11.9 Å². The number of hydrogen-bond acceptors (Lipinski definition) is 3. The molecule has 3 aliphatic carbocycles. The molecule has 0 aromatic heterocycles. The molecular weight excluding hydrogens is 268 g/mol. The van der Waals surface area contributed by atoms with Gasteiger partial charge < -0.3 is 16.2 Å². The number of carboxylic acids is 1. The average Bonchev–Trinajstić information content (AvgIpc) is 3.05. The first-order valence-corrected chi connectivity index (χ1v) is 8.34. The number of nitrogens with one attached hydrogen (secondary N) is 1. The quantitative estimate of drug-likeness (QED) is 0.730. The fourth-order valence-electron chi connectivity index (χ4n) is 4.85. The van der Waals surface area contributed by atoms with E-state index in [2.05, 4.69) is 5.32 Å². The molecule has 3 fully saturated rings. The first kappa shape index (κ1) is 14.8. The lowest BCUT2D eigenvalue weighted by atomic mass is 9.79. The second-order valence-electron chi connectivity index (χ2n) is 7.17. The van der Waals surface area contributed by atoms with Gasteiger partial charge in [0.05, 0.1) is 11.8 Å². The van der Waals surface area contributed by atoms with Crippen LogP contribution in [0.15, 0.2) is 0 Å². The summed E-state index contributed by atoms with van der Waals surface area (Å²) in [5, 5.41) is 12.3. The van der Waals surface area contributed by atoms with E-state index in [0.29, 0.717) is 18.4 Å². The van der Waals surface area contributed by atoms with Crippen LogP contribution in [0.1, 0.15) is 44.9 Å². The number of hydrogen-bond donors (Lipinski definition) is 3. The molecule has 3 saturated carbocycles.